The van der Waals surface area contributed by atoms with Gasteiger partial charge >= 0.3 is 0 Å². The largest absolute Gasteiger partial charge is 0.488 e. The Morgan fingerprint density at radius 2 is 2.38 bits per heavy atom. The summed E-state index contributed by atoms with van der Waals surface area (Å²) < 4.78 is 6.90. The van der Waals surface area contributed by atoms with Crippen molar-refractivity contribution in [1.29, 1.82) is 0 Å². The van der Waals surface area contributed by atoms with Crippen molar-refractivity contribution < 1.29 is 4.74 Å². The Balaban J connectivity index is 2.78. The van der Waals surface area contributed by atoms with E-state index < -0.39 is 0 Å². The number of hydrogen-bond donors (Lipinski definition) is 1. The maximum Gasteiger partial charge on any atom is 0.292 e. The predicted octanol–water partition coefficient (Wildman–Crippen LogP) is 1.31. The first-order valence-electron chi connectivity index (χ1n) is 5.25. The third-order valence-electron chi connectivity index (χ3n) is 2.05. The summed E-state index contributed by atoms with van der Waals surface area (Å²) in [6.07, 6.45) is 3.10. The van der Waals surface area contributed by atoms with Crippen LogP contribution < -0.4 is 16.0 Å². The number of hydrogen-bond acceptors (Lipinski definition) is 3. The molecule has 1 aromatic rings. The first-order chi connectivity index (χ1) is 7.65. The van der Waals surface area contributed by atoms with Gasteiger partial charge in [0.2, 0.25) is 0 Å². The molecule has 0 saturated carbocycles. The smallest absolute Gasteiger partial charge is 0.292 e. The topological polar surface area (TPSA) is 57.2 Å². The monoisotopic (exact) mass is 240 g/mol. The zero-order valence-corrected chi connectivity index (χ0v) is 10.1. The molecular formula is C11H16N2O2S. The van der Waals surface area contributed by atoms with Gasteiger partial charge in [0, 0.05) is 19.2 Å². The molecular weight excluding hydrogens is 224 g/mol. The lowest BCUT2D eigenvalue weighted by atomic mass is 10.4. The minimum atomic E-state index is -0.132. The van der Waals surface area contributed by atoms with Crippen LogP contribution >= 0.6 is 12.2 Å². The van der Waals surface area contributed by atoms with E-state index in [1.54, 1.807) is 22.9 Å². The molecule has 0 aliphatic rings. The number of nitrogens with two attached hydrogens (primary N) is 1. The van der Waals surface area contributed by atoms with Gasteiger partial charge in [-0.1, -0.05) is 19.1 Å². The van der Waals surface area contributed by atoms with Gasteiger partial charge in [0.25, 0.3) is 5.56 Å². The Bertz CT molecular complexity index is 415. The molecule has 0 fully saturated rings. The van der Waals surface area contributed by atoms with E-state index in [9.17, 15) is 4.79 Å². The van der Waals surface area contributed by atoms with Gasteiger partial charge in [-0.05, 0) is 18.6 Å². The lowest BCUT2D eigenvalue weighted by Crippen LogP contribution is -2.23. The Morgan fingerprint density at radius 3 is 3.00 bits per heavy atom. The van der Waals surface area contributed by atoms with Gasteiger partial charge in [0.1, 0.15) is 0 Å². The summed E-state index contributed by atoms with van der Waals surface area (Å²) >= 11 is 4.77. The second-order valence-electron chi connectivity index (χ2n) is 3.44. The standard InChI is InChI=1S/C11H16N2O2S/c1-2-8-15-9-4-3-6-13(11(9)14)7-5-10(12)16/h3-4,6H,2,5,7-8H2,1H3,(H2,12,16). The highest BCUT2D eigenvalue weighted by Gasteiger charge is 2.03. The van der Waals surface area contributed by atoms with Gasteiger partial charge in [0.15, 0.2) is 5.75 Å². The maximum absolute atomic E-state index is 11.8. The predicted molar refractivity (Wildman–Crippen MR) is 67.9 cm³/mol. The summed E-state index contributed by atoms with van der Waals surface area (Å²) in [4.78, 5) is 12.3. The highest BCUT2D eigenvalue weighted by molar-refractivity contribution is 7.80. The maximum atomic E-state index is 11.8. The van der Waals surface area contributed by atoms with E-state index in [1.165, 1.54) is 0 Å². The number of nitrogens with zero attached hydrogens (tertiary/aromatic N) is 1. The Kier molecular flexibility index (Phi) is 4.98. The molecule has 5 heteroatoms. The second-order valence-corrected chi connectivity index (χ2v) is 3.96. The molecule has 1 aromatic heterocycles. The van der Waals surface area contributed by atoms with Gasteiger partial charge in [-0.3, -0.25) is 4.79 Å². The van der Waals surface area contributed by atoms with Gasteiger partial charge in [0.05, 0.1) is 11.6 Å². The molecule has 0 unspecified atom stereocenters. The number of pyridine rings is 1. The van der Waals surface area contributed by atoms with E-state index in [4.69, 9.17) is 22.7 Å². The lowest BCUT2D eigenvalue weighted by Gasteiger charge is -2.08. The average molecular weight is 240 g/mol. The van der Waals surface area contributed by atoms with Crippen molar-refractivity contribution in [2.45, 2.75) is 26.3 Å². The molecule has 16 heavy (non-hydrogen) atoms. The van der Waals surface area contributed by atoms with Crippen molar-refractivity contribution in [1.82, 2.24) is 4.57 Å². The summed E-state index contributed by atoms with van der Waals surface area (Å²) in [5.74, 6) is 0.382. The normalized spacial score (nSPS) is 10.1. The third kappa shape index (κ3) is 3.66. The van der Waals surface area contributed by atoms with Crippen LogP contribution in [0, 0.1) is 0 Å². The fraction of sp³-hybridized carbons (Fsp3) is 0.455. The lowest BCUT2D eigenvalue weighted by molar-refractivity contribution is 0.310. The third-order valence-corrected chi connectivity index (χ3v) is 2.25. The SMILES string of the molecule is CCCOc1cccn(CCC(N)=S)c1=O. The van der Waals surface area contributed by atoms with Crippen LogP contribution in [0.3, 0.4) is 0 Å². The Morgan fingerprint density at radius 1 is 1.62 bits per heavy atom. The number of ether oxygens (including phenoxy) is 1. The molecule has 0 atom stereocenters. The zero-order chi connectivity index (χ0) is 12.0. The number of aryl methyl sites for hydroxylation is 1. The van der Waals surface area contributed by atoms with Crippen molar-refractivity contribution in [3.05, 3.63) is 28.7 Å². The van der Waals surface area contributed by atoms with Gasteiger partial charge in [-0.15, -0.1) is 0 Å². The van der Waals surface area contributed by atoms with Gasteiger partial charge in [-0.2, -0.15) is 0 Å². The van der Waals surface area contributed by atoms with Crippen molar-refractivity contribution in [2.24, 2.45) is 5.73 Å². The minimum absolute atomic E-state index is 0.132. The fourth-order valence-electron chi connectivity index (χ4n) is 1.24. The van der Waals surface area contributed by atoms with Crippen molar-refractivity contribution in [2.75, 3.05) is 6.61 Å². The highest BCUT2D eigenvalue weighted by Crippen LogP contribution is 2.02. The molecule has 0 spiro atoms. The summed E-state index contributed by atoms with van der Waals surface area (Å²) in [6, 6.07) is 3.46. The Hall–Kier alpha value is -1.36. The van der Waals surface area contributed by atoms with Crippen LogP contribution in [-0.2, 0) is 6.54 Å². The van der Waals surface area contributed by atoms with Crippen LogP contribution in [-0.4, -0.2) is 16.2 Å². The van der Waals surface area contributed by atoms with Crippen LogP contribution in [0.1, 0.15) is 19.8 Å². The summed E-state index contributed by atoms with van der Waals surface area (Å²) in [5, 5.41) is 0. The van der Waals surface area contributed by atoms with E-state index in [2.05, 4.69) is 0 Å². The van der Waals surface area contributed by atoms with Crippen LogP contribution in [0.4, 0.5) is 0 Å². The molecule has 0 radical (unpaired) electrons. The van der Waals surface area contributed by atoms with Crippen molar-refractivity contribution in [3.8, 4) is 5.75 Å². The molecule has 0 amide bonds. The summed E-state index contributed by atoms with van der Waals surface area (Å²) in [6.45, 7) is 3.04. The summed E-state index contributed by atoms with van der Waals surface area (Å²) in [7, 11) is 0. The molecule has 0 aliphatic heterocycles. The number of aromatic nitrogens is 1. The first-order valence-corrected chi connectivity index (χ1v) is 5.66. The zero-order valence-electron chi connectivity index (χ0n) is 9.31. The first kappa shape index (κ1) is 12.7. The number of thiocarbonyl (C=S) groups is 1. The van der Waals surface area contributed by atoms with E-state index in [0.29, 0.717) is 30.3 Å². The minimum Gasteiger partial charge on any atom is -0.488 e. The average Bonchev–Trinajstić information content (AvgIpc) is 2.26. The quantitative estimate of drug-likeness (QED) is 0.762. The van der Waals surface area contributed by atoms with Crippen LogP contribution in [0.15, 0.2) is 23.1 Å². The molecule has 0 saturated heterocycles. The molecule has 88 valence electrons. The molecule has 0 bridgehead atoms. The van der Waals surface area contributed by atoms with Crippen LogP contribution in [0.25, 0.3) is 0 Å². The van der Waals surface area contributed by atoms with Crippen molar-refractivity contribution in [3.63, 3.8) is 0 Å². The highest BCUT2D eigenvalue weighted by atomic mass is 32.1. The van der Waals surface area contributed by atoms with E-state index in [1.807, 2.05) is 6.92 Å². The van der Waals surface area contributed by atoms with Crippen molar-refractivity contribution >= 4 is 17.2 Å². The van der Waals surface area contributed by atoms with Crippen LogP contribution in [0.2, 0.25) is 0 Å². The molecule has 0 aliphatic carbocycles. The second kappa shape index (κ2) is 6.27. The molecule has 1 rings (SSSR count). The molecule has 0 aromatic carbocycles. The van der Waals surface area contributed by atoms with E-state index in [-0.39, 0.29) is 5.56 Å². The van der Waals surface area contributed by atoms with Gasteiger partial charge < -0.3 is 15.0 Å². The summed E-state index contributed by atoms with van der Waals surface area (Å²) in [5.41, 5.74) is 5.26. The van der Waals surface area contributed by atoms with E-state index >= 15 is 0 Å². The number of rotatable bonds is 6. The fourth-order valence-corrected chi connectivity index (χ4v) is 1.33. The molecule has 4 nitrogen and oxygen atoms in total. The molecule has 2 N–H and O–H groups in total. The van der Waals surface area contributed by atoms with E-state index in [0.717, 1.165) is 6.42 Å². The van der Waals surface area contributed by atoms with Gasteiger partial charge in [-0.25, -0.2) is 0 Å². The molecule has 1 heterocycles. The van der Waals surface area contributed by atoms with Crippen LogP contribution in [0.5, 0.6) is 5.75 Å². The Labute approximate surface area is 100 Å².